The summed E-state index contributed by atoms with van der Waals surface area (Å²) in [6, 6.07) is 0. The molecule has 0 aromatic carbocycles. The molecule has 0 aromatic rings. The number of hydrogen-bond acceptors (Lipinski definition) is 1. The van der Waals surface area contributed by atoms with Crippen molar-refractivity contribution in [1.82, 2.24) is 5.32 Å². The molecule has 0 bridgehead atoms. The molecule has 0 aliphatic rings. The van der Waals surface area contributed by atoms with Gasteiger partial charge in [0, 0.05) is 24.9 Å². The first-order valence-electron chi connectivity index (χ1n) is 6.39. The third-order valence-corrected chi connectivity index (χ3v) is 2.88. The minimum Gasteiger partial charge on any atom is -0.311 e. The Balaban J connectivity index is 3.68. The van der Waals surface area contributed by atoms with E-state index in [2.05, 4.69) is 44.9 Å². The summed E-state index contributed by atoms with van der Waals surface area (Å²) in [6.45, 7) is 10.0. The van der Waals surface area contributed by atoms with Gasteiger partial charge >= 0.3 is 0 Å². The molecular weight excluding hydrogens is 182 g/mol. The van der Waals surface area contributed by atoms with Gasteiger partial charge in [0.2, 0.25) is 0 Å². The van der Waals surface area contributed by atoms with Gasteiger partial charge in [-0.1, -0.05) is 27.2 Å². The summed E-state index contributed by atoms with van der Waals surface area (Å²) in [5.74, 6) is 6.39. The fraction of sp³-hybridized carbons (Fsp3) is 0.857. The molecule has 0 saturated heterocycles. The Morgan fingerprint density at radius 2 is 1.67 bits per heavy atom. The van der Waals surface area contributed by atoms with E-state index in [0.717, 1.165) is 19.4 Å². The van der Waals surface area contributed by atoms with Crippen LogP contribution in [0.5, 0.6) is 0 Å². The minimum atomic E-state index is 0.321. The summed E-state index contributed by atoms with van der Waals surface area (Å²) < 4.78 is 0. The molecule has 1 N–H and O–H groups in total. The summed E-state index contributed by atoms with van der Waals surface area (Å²) in [5.41, 5.74) is 0.321. The number of rotatable bonds is 7. The number of nitrogens with one attached hydrogen (secondary N) is 1. The Bertz CT molecular complexity index is 199. The van der Waals surface area contributed by atoms with E-state index in [-0.39, 0.29) is 0 Å². The molecule has 0 aliphatic carbocycles. The summed E-state index contributed by atoms with van der Waals surface area (Å²) >= 11 is 0. The highest BCUT2D eigenvalue weighted by atomic mass is 15.0. The highest BCUT2D eigenvalue weighted by Gasteiger charge is 2.18. The third kappa shape index (κ3) is 7.45. The maximum Gasteiger partial charge on any atom is 0.0214 e. The second-order valence-corrected chi connectivity index (χ2v) is 4.44. The SMILES string of the molecule is CCCC#CCCNC(C)(CC)CCC. The molecule has 88 valence electrons. The van der Waals surface area contributed by atoms with E-state index in [1.165, 1.54) is 25.7 Å². The van der Waals surface area contributed by atoms with Crippen LogP contribution in [0.3, 0.4) is 0 Å². The van der Waals surface area contributed by atoms with Gasteiger partial charge in [0.25, 0.3) is 0 Å². The summed E-state index contributed by atoms with van der Waals surface area (Å²) in [5, 5.41) is 3.62. The molecule has 0 amide bonds. The van der Waals surface area contributed by atoms with E-state index >= 15 is 0 Å². The second-order valence-electron chi connectivity index (χ2n) is 4.44. The van der Waals surface area contributed by atoms with Gasteiger partial charge in [0.15, 0.2) is 0 Å². The van der Waals surface area contributed by atoms with Crippen molar-refractivity contribution in [3.05, 3.63) is 0 Å². The molecule has 0 saturated carbocycles. The number of hydrogen-bond donors (Lipinski definition) is 1. The highest BCUT2D eigenvalue weighted by Crippen LogP contribution is 2.15. The summed E-state index contributed by atoms with van der Waals surface area (Å²) in [4.78, 5) is 0. The zero-order chi connectivity index (χ0) is 11.6. The maximum absolute atomic E-state index is 3.62. The molecule has 0 aliphatic heterocycles. The van der Waals surface area contributed by atoms with Gasteiger partial charge < -0.3 is 5.32 Å². The monoisotopic (exact) mass is 209 g/mol. The topological polar surface area (TPSA) is 12.0 Å². The van der Waals surface area contributed by atoms with Gasteiger partial charge in [-0.25, -0.2) is 0 Å². The second kappa shape index (κ2) is 8.80. The predicted molar refractivity (Wildman–Crippen MR) is 68.9 cm³/mol. The van der Waals surface area contributed by atoms with E-state index in [1.54, 1.807) is 0 Å². The quantitative estimate of drug-likeness (QED) is 0.497. The van der Waals surface area contributed by atoms with Crippen molar-refractivity contribution in [1.29, 1.82) is 0 Å². The Labute approximate surface area is 96.0 Å². The normalized spacial score (nSPS) is 14.1. The Kier molecular flexibility index (Phi) is 8.52. The first-order valence-corrected chi connectivity index (χ1v) is 6.39. The van der Waals surface area contributed by atoms with Crippen LogP contribution < -0.4 is 5.32 Å². The molecule has 0 rings (SSSR count). The van der Waals surface area contributed by atoms with Crippen LogP contribution in [0.4, 0.5) is 0 Å². The van der Waals surface area contributed by atoms with Crippen LogP contribution in [0, 0.1) is 11.8 Å². The van der Waals surface area contributed by atoms with E-state index < -0.39 is 0 Å². The van der Waals surface area contributed by atoms with E-state index in [4.69, 9.17) is 0 Å². The molecule has 1 unspecified atom stereocenters. The van der Waals surface area contributed by atoms with Crippen LogP contribution in [0.2, 0.25) is 0 Å². The molecule has 1 heteroatoms. The molecule has 1 nitrogen and oxygen atoms in total. The fourth-order valence-electron chi connectivity index (χ4n) is 1.67. The molecule has 0 radical (unpaired) electrons. The van der Waals surface area contributed by atoms with Crippen LogP contribution in [0.15, 0.2) is 0 Å². The highest BCUT2D eigenvalue weighted by molar-refractivity contribution is 4.99. The van der Waals surface area contributed by atoms with Crippen LogP contribution in [-0.4, -0.2) is 12.1 Å². The van der Waals surface area contributed by atoms with Crippen molar-refractivity contribution < 1.29 is 0 Å². The lowest BCUT2D eigenvalue weighted by Crippen LogP contribution is -2.41. The van der Waals surface area contributed by atoms with Crippen molar-refractivity contribution in [2.24, 2.45) is 0 Å². The minimum absolute atomic E-state index is 0.321. The predicted octanol–water partition coefficient (Wildman–Crippen LogP) is 3.74. The summed E-state index contributed by atoms with van der Waals surface area (Å²) in [7, 11) is 0. The zero-order valence-electron chi connectivity index (χ0n) is 10.9. The average Bonchev–Trinajstić information content (AvgIpc) is 2.24. The van der Waals surface area contributed by atoms with Gasteiger partial charge in [0.05, 0.1) is 0 Å². The zero-order valence-corrected chi connectivity index (χ0v) is 10.9. The van der Waals surface area contributed by atoms with Gasteiger partial charge in [-0.15, -0.1) is 11.8 Å². The maximum atomic E-state index is 3.62. The van der Waals surface area contributed by atoms with Crippen LogP contribution in [0.25, 0.3) is 0 Å². The van der Waals surface area contributed by atoms with Crippen molar-refractivity contribution in [3.63, 3.8) is 0 Å². The van der Waals surface area contributed by atoms with Crippen molar-refractivity contribution in [3.8, 4) is 11.8 Å². The standard InChI is InChI=1S/C14H27N/c1-5-8-9-10-11-13-15-14(4,7-3)12-6-2/h15H,5-8,11-13H2,1-4H3. The smallest absolute Gasteiger partial charge is 0.0214 e. The largest absolute Gasteiger partial charge is 0.311 e. The van der Waals surface area contributed by atoms with Crippen LogP contribution in [0.1, 0.15) is 66.2 Å². The van der Waals surface area contributed by atoms with Gasteiger partial charge in [-0.3, -0.25) is 0 Å². The lowest BCUT2D eigenvalue weighted by Gasteiger charge is -2.29. The molecule has 0 fully saturated rings. The van der Waals surface area contributed by atoms with Gasteiger partial charge in [-0.2, -0.15) is 0 Å². The van der Waals surface area contributed by atoms with E-state index in [1.807, 2.05) is 0 Å². The molecule has 0 spiro atoms. The van der Waals surface area contributed by atoms with E-state index in [9.17, 15) is 0 Å². The Hall–Kier alpha value is -0.480. The third-order valence-electron chi connectivity index (χ3n) is 2.88. The summed E-state index contributed by atoms with van der Waals surface area (Å²) in [6.07, 6.45) is 6.90. The van der Waals surface area contributed by atoms with Crippen molar-refractivity contribution >= 4 is 0 Å². The first kappa shape index (κ1) is 14.5. The Morgan fingerprint density at radius 3 is 2.20 bits per heavy atom. The molecule has 0 aromatic heterocycles. The van der Waals surface area contributed by atoms with Gasteiger partial charge in [0.1, 0.15) is 0 Å². The van der Waals surface area contributed by atoms with Crippen molar-refractivity contribution in [2.45, 2.75) is 71.8 Å². The lowest BCUT2D eigenvalue weighted by atomic mass is 9.93. The first-order chi connectivity index (χ1) is 7.18. The molecule has 1 atom stereocenters. The number of unbranched alkanes of at least 4 members (excludes halogenated alkanes) is 1. The van der Waals surface area contributed by atoms with E-state index in [0.29, 0.717) is 5.54 Å². The lowest BCUT2D eigenvalue weighted by molar-refractivity contribution is 0.320. The molecule has 0 heterocycles. The van der Waals surface area contributed by atoms with Gasteiger partial charge in [-0.05, 0) is 26.2 Å². The van der Waals surface area contributed by atoms with Crippen molar-refractivity contribution in [2.75, 3.05) is 6.54 Å². The molecule has 15 heavy (non-hydrogen) atoms. The Morgan fingerprint density at radius 1 is 1.00 bits per heavy atom. The average molecular weight is 209 g/mol. The van der Waals surface area contributed by atoms with Crippen LogP contribution >= 0.6 is 0 Å². The fourth-order valence-corrected chi connectivity index (χ4v) is 1.67. The molecular formula is C14H27N. The van der Waals surface area contributed by atoms with Crippen LogP contribution in [-0.2, 0) is 0 Å².